The van der Waals surface area contributed by atoms with Crippen molar-refractivity contribution in [3.63, 3.8) is 0 Å². The highest BCUT2D eigenvalue weighted by Gasteiger charge is 2.69. The number of hydrogen-bond acceptors (Lipinski definition) is 6. The van der Waals surface area contributed by atoms with Crippen molar-refractivity contribution in [3.05, 3.63) is 74.7 Å². The maximum atomic E-state index is 13.7. The number of carbonyl (C=O) groups is 2. The first-order valence-electron chi connectivity index (χ1n) is 11.5. The monoisotopic (exact) mass is 490 g/mol. The summed E-state index contributed by atoms with van der Waals surface area (Å²) in [4.78, 5) is 45.1. The van der Waals surface area contributed by atoms with Crippen molar-refractivity contribution in [3.8, 4) is 5.75 Å². The van der Waals surface area contributed by atoms with Crippen LogP contribution in [0.3, 0.4) is 0 Å². The second-order valence-corrected chi connectivity index (χ2v) is 11.8. The highest BCUT2D eigenvalue weighted by atomic mass is 32.2. The van der Waals surface area contributed by atoms with Crippen molar-refractivity contribution in [2.24, 2.45) is 29.6 Å². The van der Waals surface area contributed by atoms with Crippen LogP contribution >= 0.6 is 23.1 Å². The molecule has 8 heteroatoms. The maximum absolute atomic E-state index is 13.7. The quantitative estimate of drug-likeness (QED) is 0.559. The first-order chi connectivity index (χ1) is 16.6. The zero-order chi connectivity index (χ0) is 23.1. The van der Waals surface area contributed by atoms with E-state index in [1.165, 1.54) is 16.2 Å². The standard InChI is InChI=1S/C26H22N2O4S2/c1-32-14-9-7-12(8-10-14)17-18-15-11-16(21(18)33-23-22(17)34-26(31)27-23)20-19(15)24(29)28(25(20)30)13-5-3-2-4-6-13/h2-10,15-21H,11H2,1H3,(H,27,31)/t15-,16-,17-,18+,19-,20+,21-/m1/s1. The van der Waals surface area contributed by atoms with E-state index in [0.29, 0.717) is 5.69 Å². The van der Waals surface area contributed by atoms with E-state index in [1.54, 1.807) is 18.9 Å². The topological polar surface area (TPSA) is 79.5 Å². The fraction of sp³-hybridized carbons (Fsp3) is 0.346. The molecule has 2 amide bonds. The van der Waals surface area contributed by atoms with Crippen LogP contribution in [-0.4, -0.2) is 29.2 Å². The molecule has 1 N–H and O–H groups in total. The number of carbonyl (C=O) groups excluding carboxylic acids is 2. The molecule has 3 heterocycles. The fourth-order valence-electron chi connectivity index (χ4n) is 7.03. The Bertz CT molecular complexity index is 1370. The summed E-state index contributed by atoms with van der Waals surface area (Å²) in [7, 11) is 1.65. The Morgan fingerprint density at radius 3 is 2.35 bits per heavy atom. The summed E-state index contributed by atoms with van der Waals surface area (Å²) < 4.78 is 5.36. The molecular weight excluding hydrogens is 468 g/mol. The molecular formula is C26H22N2O4S2. The number of thioether (sulfide) groups is 1. The van der Waals surface area contributed by atoms with Gasteiger partial charge in [-0.05, 0) is 54.0 Å². The van der Waals surface area contributed by atoms with Crippen LogP contribution < -0.4 is 14.5 Å². The minimum absolute atomic E-state index is 0.0285. The molecule has 1 saturated heterocycles. The van der Waals surface area contributed by atoms with E-state index in [4.69, 9.17) is 4.74 Å². The van der Waals surface area contributed by atoms with E-state index in [-0.39, 0.29) is 57.4 Å². The molecule has 3 fully saturated rings. The van der Waals surface area contributed by atoms with Crippen LogP contribution in [0.1, 0.15) is 22.8 Å². The molecule has 34 heavy (non-hydrogen) atoms. The molecule has 2 saturated carbocycles. The van der Waals surface area contributed by atoms with Gasteiger partial charge in [0.25, 0.3) is 0 Å². The smallest absolute Gasteiger partial charge is 0.305 e. The van der Waals surface area contributed by atoms with Crippen molar-refractivity contribution in [1.82, 2.24) is 4.98 Å². The van der Waals surface area contributed by atoms with E-state index >= 15 is 0 Å². The van der Waals surface area contributed by atoms with Gasteiger partial charge in [-0.15, -0.1) is 11.8 Å². The molecule has 0 spiro atoms. The van der Waals surface area contributed by atoms with Gasteiger partial charge in [0.15, 0.2) is 0 Å². The van der Waals surface area contributed by atoms with Gasteiger partial charge in [0.05, 0.1) is 29.7 Å². The molecule has 0 radical (unpaired) electrons. The van der Waals surface area contributed by atoms with Gasteiger partial charge in [0.1, 0.15) is 5.75 Å². The Morgan fingerprint density at radius 1 is 0.941 bits per heavy atom. The van der Waals surface area contributed by atoms with Gasteiger partial charge in [-0.3, -0.25) is 19.3 Å². The summed E-state index contributed by atoms with van der Waals surface area (Å²) in [6, 6.07) is 17.4. The first kappa shape index (κ1) is 20.5. The summed E-state index contributed by atoms with van der Waals surface area (Å²) in [6.07, 6.45) is 0.892. The molecule has 172 valence electrons. The van der Waals surface area contributed by atoms with Crippen molar-refractivity contribution >= 4 is 40.6 Å². The van der Waals surface area contributed by atoms with Gasteiger partial charge in [-0.25, -0.2) is 0 Å². The molecule has 7 rings (SSSR count). The average molecular weight is 491 g/mol. The molecule has 2 aromatic carbocycles. The number of para-hydroxylation sites is 1. The van der Waals surface area contributed by atoms with Crippen molar-refractivity contribution < 1.29 is 14.3 Å². The number of fused-ring (bicyclic) bond motifs is 9. The highest BCUT2D eigenvalue weighted by molar-refractivity contribution is 8.00. The lowest BCUT2D eigenvalue weighted by Gasteiger charge is -2.43. The van der Waals surface area contributed by atoms with E-state index < -0.39 is 0 Å². The lowest BCUT2D eigenvalue weighted by atomic mass is 9.68. The third-order valence-electron chi connectivity index (χ3n) is 8.21. The summed E-state index contributed by atoms with van der Waals surface area (Å²) in [5.41, 5.74) is 1.80. The van der Waals surface area contributed by atoms with Crippen molar-refractivity contribution in [1.29, 1.82) is 0 Å². The minimum atomic E-state index is -0.280. The molecule has 6 nitrogen and oxygen atoms in total. The number of hydrogen-bond donors (Lipinski definition) is 1. The molecule has 7 atom stereocenters. The second-order valence-electron chi connectivity index (χ2n) is 9.58. The summed E-state index contributed by atoms with van der Waals surface area (Å²) >= 11 is 2.99. The third-order valence-corrected chi connectivity index (χ3v) is 10.8. The van der Waals surface area contributed by atoms with Crippen LogP contribution in [0.2, 0.25) is 0 Å². The molecule has 2 bridgehead atoms. The van der Waals surface area contributed by atoms with Crippen LogP contribution in [-0.2, 0) is 9.59 Å². The number of amides is 2. The van der Waals surface area contributed by atoms with E-state index in [9.17, 15) is 14.4 Å². The molecule has 4 aliphatic rings. The van der Waals surface area contributed by atoms with E-state index in [1.807, 2.05) is 42.5 Å². The van der Waals surface area contributed by atoms with Gasteiger partial charge in [0.2, 0.25) is 11.8 Å². The van der Waals surface area contributed by atoms with Crippen LogP contribution in [0, 0.1) is 29.6 Å². The van der Waals surface area contributed by atoms with Crippen molar-refractivity contribution in [2.45, 2.75) is 22.6 Å². The molecule has 2 aliphatic heterocycles. The summed E-state index contributed by atoms with van der Waals surface area (Å²) in [6.45, 7) is 0. The predicted molar refractivity (Wildman–Crippen MR) is 130 cm³/mol. The SMILES string of the molecule is COc1ccc([C@H]2c3sc(=O)[nH]c3S[C@@H]3[C@@H]4C[C@@H]([C@H]5C(=O)N(c6ccccc6)C(=O)[C@@H]45)[C@@H]23)cc1. The number of imide groups is 1. The van der Waals surface area contributed by atoms with Gasteiger partial charge >= 0.3 is 4.87 Å². The molecule has 1 aromatic heterocycles. The fourth-order valence-corrected chi connectivity index (χ4v) is 9.92. The lowest BCUT2D eigenvalue weighted by molar-refractivity contribution is -0.123. The number of aromatic amines is 1. The van der Waals surface area contributed by atoms with Gasteiger partial charge in [-0.1, -0.05) is 41.7 Å². The predicted octanol–water partition coefficient (Wildman–Crippen LogP) is 4.12. The number of anilines is 1. The second kappa shape index (κ2) is 7.33. The number of benzene rings is 2. The number of nitrogens with zero attached hydrogens (tertiary/aromatic N) is 1. The Labute approximate surface area is 204 Å². The van der Waals surface area contributed by atoms with Crippen LogP contribution in [0.15, 0.2) is 64.4 Å². The lowest BCUT2D eigenvalue weighted by Crippen LogP contribution is -2.42. The molecule has 2 aliphatic carbocycles. The largest absolute Gasteiger partial charge is 0.497 e. The Hall–Kier alpha value is -2.84. The number of ether oxygens (including phenoxy) is 1. The average Bonchev–Trinajstić information content (AvgIpc) is 3.58. The number of methoxy groups -OCH3 is 1. The number of aromatic nitrogens is 1. The van der Waals surface area contributed by atoms with Gasteiger partial charge in [-0.2, -0.15) is 0 Å². The zero-order valence-electron chi connectivity index (χ0n) is 18.3. The maximum Gasteiger partial charge on any atom is 0.305 e. The third kappa shape index (κ3) is 2.66. The minimum Gasteiger partial charge on any atom is -0.497 e. The number of nitrogens with one attached hydrogen (secondary N) is 1. The number of H-pyrrole nitrogens is 1. The normalized spacial score (nSPS) is 33.1. The van der Waals surface area contributed by atoms with E-state index in [0.717, 1.165) is 27.6 Å². The summed E-state index contributed by atoms with van der Waals surface area (Å²) in [5.74, 6) is 0.611. The highest BCUT2D eigenvalue weighted by Crippen LogP contribution is 2.68. The van der Waals surface area contributed by atoms with Gasteiger partial charge < -0.3 is 9.72 Å². The zero-order valence-corrected chi connectivity index (χ0v) is 20.0. The Morgan fingerprint density at radius 2 is 1.65 bits per heavy atom. The van der Waals surface area contributed by atoms with Crippen molar-refractivity contribution in [2.75, 3.05) is 12.0 Å². The Kier molecular flexibility index (Phi) is 4.42. The molecule has 3 aromatic rings. The Balaban J connectivity index is 1.33. The van der Waals surface area contributed by atoms with Crippen LogP contribution in [0.25, 0.3) is 0 Å². The van der Waals surface area contributed by atoms with Crippen LogP contribution in [0.4, 0.5) is 5.69 Å². The van der Waals surface area contributed by atoms with Gasteiger partial charge in [0, 0.05) is 16.0 Å². The van der Waals surface area contributed by atoms with E-state index in [2.05, 4.69) is 17.1 Å². The molecule has 0 unspecified atom stereocenters. The number of thiazole rings is 1. The first-order valence-corrected chi connectivity index (χ1v) is 13.2. The van der Waals surface area contributed by atoms with Crippen LogP contribution in [0.5, 0.6) is 5.75 Å². The summed E-state index contributed by atoms with van der Waals surface area (Å²) in [5, 5.41) is 1.13. The number of rotatable bonds is 3.